The van der Waals surface area contributed by atoms with E-state index in [2.05, 4.69) is 16.2 Å². The van der Waals surface area contributed by atoms with Gasteiger partial charge in [-0.2, -0.15) is 0 Å². The minimum atomic E-state index is 0. The zero-order valence-corrected chi connectivity index (χ0v) is 4.65. The molecule has 0 spiro atoms. The van der Waals surface area contributed by atoms with Gasteiger partial charge in [0.15, 0.2) is 0 Å². The molecule has 2 N–H and O–H groups in total. The van der Waals surface area contributed by atoms with Crippen LogP contribution in [0.3, 0.4) is 0 Å². The van der Waals surface area contributed by atoms with E-state index in [-0.39, 0.29) is 5.48 Å². The summed E-state index contributed by atoms with van der Waals surface area (Å²) in [4.78, 5) is 0. The molecule has 0 aromatic carbocycles. The van der Waals surface area contributed by atoms with Crippen LogP contribution in [0.2, 0.25) is 0 Å². The molecule has 0 aliphatic rings. The second kappa shape index (κ2) is 8.83. The van der Waals surface area contributed by atoms with Gasteiger partial charge in [-0.3, -0.25) is 0 Å². The van der Waals surface area contributed by atoms with Gasteiger partial charge in [0.2, 0.25) is 0 Å². The summed E-state index contributed by atoms with van der Waals surface area (Å²) in [5.41, 5.74) is 0. The summed E-state index contributed by atoms with van der Waals surface area (Å²) in [5, 5.41) is 0. The van der Waals surface area contributed by atoms with E-state index in [0.717, 1.165) is 0 Å². The quantitative estimate of drug-likeness (QED) is 0.422. The summed E-state index contributed by atoms with van der Waals surface area (Å²) in [6, 6.07) is 0. The average Bonchev–Trinajstić information content (AvgIpc) is 1.37. The first kappa shape index (κ1) is 9.04. The molecule has 0 aliphatic carbocycles. The van der Waals surface area contributed by atoms with E-state index in [1.165, 1.54) is 12.6 Å². The van der Waals surface area contributed by atoms with Crippen LogP contribution >= 0.6 is 9.24 Å². The Morgan fingerprint density at radius 1 is 1.60 bits per heavy atom. The van der Waals surface area contributed by atoms with Crippen molar-refractivity contribution in [1.29, 1.82) is 0 Å². The molecule has 1 nitrogen and oxygen atoms in total. The fraction of sp³-hybridized carbons (Fsp3) is 1.00. The van der Waals surface area contributed by atoms with E-state index in [0.29, 0.717) is 0 Å². The number of hydrogen-bond donors (Lipinski definition) is 0. The zero-order valence-electron chi connectivity index (χ0n) is 3.49. The Bertz CT molecular complexity index is 8.85. The molecule has 1 unspecified atom stereocenters. The van der Waals surface area contributed by atoms with Crippen molar-refractivity contribution in [2.24, 2.45) is 0 Å². The maximum Gasteiger partial charge on any atom is -0.0384 e. The van der Waals surface area contributed by atoms with Gasteiger partial charge in [0.05, 0.1) is 0 Å². The van der Waals surface area contributed by atoms with Crippen LogP contribution in [-0.4, -0.2) is 11.6 Å². The van der Waals surface area contributed by atoms with Crippen LogP contribution in [0.5, 0.6) is 0 Å². The summed E-state index contributed by atoms with van der Waals surface area (Å²) in [7, 11) is 2.66. The van der Waals surface area contributed by atoms with Crippen molar-refractivity contribution in [2.75, 3.05) is 6.16 Å². The summed E-state index contributed by atoms with van der Waals surface area (Å²) in [5.74, 6) is 0. The molecular formula is C3H11OP. The van der Waals surface area contributed by atoms with E-state index >= 15 is 0 Å². The highest BCUT2D eigenvalue weighted by molar-refractivity contribution is 7.16. The van der Waals surface area contributed by atoms with Crippen molar-refractivity contribution < 1.29 is 5.48 Å². The molecule has 0 radical (unpaired) electrons. The third-order valence-corrected chi connectivity index (χ3v) is 0.866. The van der Waals surface area contributed by atoms with Crippen LogP contribution in [0.1, 0.15) is 13.3 Å². The molecule has 0 saturated carbocycles. The molecule has 0 aliphatic heterocycles. The van der Waals surface area contributed by atoms with Crippen LogP contribution < -0.4 is 0 Å². The molecule has 34 valence electrons. The lowest BCUT2D eigenvalue weighted by atomic mass is 10.6. The van der Waals surface area contributed by atoms with Crippen molar-refractivity contribution in [3.8, 4) is 0 Å². The summed E-state index contributed by atoms with van der Waals surface area (Å²) < 4.78 is 0. The van der Waals surface area contributed by atoms with Crippen LogP contribution in [0.25, 0.3) is 0 Å². The lowest BCUT2D eigenvalue weighted by Gasteiger charge is -1.68. The molecule has 0 fully saturated rings. The van der Waals surface area contributed by atoms with Gasteiger partial charge in [-0.1, -0.05) is 13.3 Å². The van der Waals surface area contributed by atoms with E-state index in [1.807, 2.05) is 0 Å². The Balaban J connectivity index is 0. The predicted molar refractivity (Wildman–Crippen MR) is 28.5 cm³/mol. The van der Waals surface area contributed by atoms with Crippen LogP contribution in [0.15, 0.2) is 0 Å². The summed E-state index contributed by atoms with van der Waals surface area (Å²) in [6.07, 6.45) is 2.52. The van der Waals surface area contributed by atoms with Crippen LogP contribution in [-0.2, 0) is 0 Å². The maximum atomic E-state index is 2.66. The highest BCUT2D eigenvalue weighted by atomic mass is 31.0. The molecule has 0 aromatic heterocycles. The Hall–Kier alpha value is 0.390. The molecule has 5 heavy (non-hydrogen) atoms. The first-order valence-corrected chi connectivity index (χ1v) is 2.43. The molecule has 0 amide bonds. The number of rotatable bonds is 1. The van der Waals surface area contributed by atoms with Crippen molar-refractivity contribution in [2.45, 2.75) is 13.3 Å². The van der Waals surface area contributed by atoms with Crippen molar-refractivity contribution in [1.82, 2.24) is 0 Å². The highest BCUT2D eigenvalue weighted by Crippen LogP contribution is 1.80. The van der Waals surface area contributed by atoms with Gasteiger partial charge < -0.3 is 5.48 Å². The van der Waals surface area contributed by atoms with Gasteiger partial charge in [0, 0.05) is 0 Å². The highest BCUT2D eigenvalue weighted by Gasteiger charge is 1.56. The molecule has 0 bridgehead atoms. The van der Waals surface area contributed by atoms with Gasteiger partial charge in [-0.25, -0.2) is 0 Å². The monoisotopic (exact) mass is 94.1 g/mol. The Kier molecular flexibility index (Phi) is 16.0. The second-order valence-corrected chi connectivity index (χ2v) is 1.37. The Morgan fingerprint density at radius 2 is 1.80 bits per heavy atom. The lowest BCUT2D eigenvalue weighted by Crippen LogP contribution is -1.54. The van der Waals surface area contributed by atoms with Crippen molar-refractivity contribution in [3.63, 3.8) is 0 Å². The predicted octanol–water partition coefficient (Wildman–Crippen LogP) is 0.447. The molecule has 0 rings (SSSR count). The van der Waals surface area contributed by atoms with Crippen LogP contribution in [0, 0.1) is 0 Å². The molecule has 2 heteroatoms. The van der Waals surface area contributed by atoms with E-state index in [9.17, 15) is 0 Å². The Labute approximate surface area is 35.3 Å². The van der Waals surface area contributed by atoms with Gasteiger partial charge in [-0.15, -0.1) is 9.24 Å². The normalized spacial score (nSPS) is 6.00. The largest absolute Gasteiger partial charge is 0.412 e. The molecule has 1 atom stereocenters. The van der Waals surface area contributed by atoms with E-state index in [4.69, 9.17) is 0 Å². The number of hydrogen-bond acceptors (Lipinski definition) is 0. The van der Waals surface area contributed by atoms with E-state index < -0.39 is 0 Å². The topological polar surface area (TPSA) is 31.5 Å². The average molecular weight is 94.1 g/mol. The second-order valence-electron chi connectivity index (χ2n) is 0.789. The summed E-state index contributed by atoms with van der Waals surface area (Å²) in [6.45, 7) is 2.16. The Morgan fingerprint density at radius 3 is 1.80 bits per heavy atom. The van der Waals surface area contributed by atoms with Gasteiger partial charge in [0.25, 0.3) is 0 Å². The van der Waals surface area contributed by atoms with Crippen LogP contribution in [0.4, 0.5) is 0 Å². The first-order chi connectivity index (χ1) is 1.91. The SMILES string of the molecule is CCCP.O. The van der Waals surface area contributed by atoms with Gasteiger partial charge >= 0.3 is 0 Å². The molecule has 0 heterocycles. The zero-order chi connectivity index (χ0) is 3.41. The van der Waals surface area contributed by atoms with Gasteiger partial charge in [0.1, 0.15) is 0 Å². The van der Waals surface area contributed by atoms with Crippen molar-refractivity contribution in [3.05, 3.63) is 0 Å². The fourth-order valence-corrected chi connectivity index (χ4v) is 0. The fourth-order valence-electron chi connectivity index (χ4n) is 0. The molecular weight excluding hydrogens is 83.0 g/mol. The molecule has 0 saturated heterocycles. The first-order valence-electron chi connectivity index (χ1n) is 1.62. The third kappa shape index (κ3) is 13.0. The third-order valence-electron chi connectivity index (χ3n) is 0.289. The minimum Gasteiger partial charge on any atom is -0.412 e. The molecule has 0 aromatic rings. The van der Waals surface area contributed by atoms with Gasteiger partial charge in [-0.05, 0) is 6.16 Å². The lowest BCUT2D eigenvalue weighted by molar-refractivity contribution is 0.824. The smallest absolute Gasteiger partial charge is 0.0384 e. The maximum absolute atomic E-state index is 2.66. The standard InChI is InChI=1S/C3H9P.H2O/c1-2-3-4;/h2-4H2,1H3;1H2. The van der Waals surface area contributed by atoms with E-state index in [1.54, 1.807) is 0 Å². The minimum absolute atomic E-state index is 0. The summed E-state index contributed by atoms with van der Waals surface area (Å²) >= 11 is 0. The van der Waals surface area contributed by atoms with Crippen molar-refractivity contribution >= 4 is 9.24 Å².